The van der Waals surface area contributed by atoms with Crippen molar-refractivity contribution in [3.63, 3.8) is 0 Å². The molecule has 2 unspecified atom stereocenters. The number of carbonyl (C=O) groups excluding carboxylic acids is 7. The van der Waals surface area contributed by atoms with Gasteiger partial charge < -0.3 is 51.1 Å². The fourth-order valence-electron chi connectivity index (χ4n) is 5.69. The minimum atomic E-state index is -2.18. The second kappa shape index (κ2) is 24.8. The Morgan fingerprint density at radius 3 is 1.85 bits per heavy atom. The van der Waals surface area contributed by atoms with Gasteiger partial charge in [-0.3, -0.25) is 38.4 Å². The molecule has 8 N–H and O–H groups in total. The maximum atomic E-state index is 14.0. The van der Waals surface area contributed by atoms with Crippen LogP contribution in [-0.2, 0) is 52.7 Å². The molecule has 1 heterocycles. The highest BCUT2D eigenvalue weighted by atomic mass is 35.6. The topological polar surface area (TPSA) is 316 Å². The lowest BCUT2D eigenvalue weighted by molar-refractivity contribution is -0.170. The number of halogens is 4. The zero-order chi connectivity index (χ0) is 46.2. The van der Waals surface area contributed by atoms with E-state index in [1.165, 1.54) is 13.8 Å². The van der Waals surface area contributed by atoms with Gasteiger partial charge in [-0.15, -0.1) is 0 Å². The SMILES string of the molecule is CCCN(NOC(=O)[C@@H]1CCCN1C(=O)[C@@H](NC(=O)[C@@H](NC(=O)[C@H](NC(=O)[C@@H](CCC(=O)O)NC(C)=O)C(CC(=O)O)C(=O)O)C(C)C)C(C)C)C(=O)OC(Cl)C(Cl)(Cl)Cl. The van der Waals surface area contributed by atoms with E-state index in [-0.39, 0.29) is 19.5 Å². The van der Waals surface area contributed by atoms with Gasteiger partial charge in [0.2, 0.25) is 38.9 Å². The Morgan fingerprint density at radius 1 is 0.817 bits per heavy atom. The molecule has 6 amide bonds. The fraction of sp³-hybridized carbons (Fsp3) is 0.706. The van der Waals surface area contributed by atoms with Crippen LogP contribution in [0.3, 0.4) is 0 Å². The van der Waals surface area contributed by atoms with Crippen LogP contribution in [-0.4, -0.2) is 137 Å². The first-order valence-corrected chi connectivity index (χ1v) is 20.1. The molecule has 1 saturated heterocycles. The highest BCUT2D eigenvalue weighted by Crippen LogP contribution is 2.34. The predicted molar refractivity (Wildman–Crippen MR) is 211 cm³/mol. The van der Waals surface area contributed by atoms with E-state index in [2.05, 4.69) is 26.9 Å². The molecule has 60 heavy (non-hydrogen) atoms. The number of rotatable bonds is 23. The average Bonchev–Trinajstić information content (AvgIpc) is 3.63. The van der Waals surface area contributed by atoms with Crippen LogP contribution in [0.2, 0.25) is 0 Å². The summed E-state index contributed by atoms with van der Waals surface area (Å²) >= 11 is 22.7. The van der Waals surface area contributed by atoms with Crippen molar-refractivity contribution in [1.29, 1.82) is 0 Å². The summed E-state index contributed by atoms with van der Waals surface area (Å²) in [5.74, 6) is -14.4. The number of carboxylic acid groups (broad SMARTS) is 3. The van der Waals surface area contributed by atoms with E-state index in [9.17, 15) is 58.2 Å². The highest BCUT2D eigenvalue weighted by Gasteiger charge is 2.43. The molecule has 1 rings (SSSR count). The molecule has 0 radical (unpaired) electrons. The van der Waals surface area contributed by atoms with Crippen molar-refractivity contribution in [2.75, 3.05) is 13.1 Å². The summed E-state index contributed by atoms with van der Waals surface area (Å²) in [4.78, 5) is 134. The van der Waals surface area contributed by atoms with Crippen molar-refractivity contribution < 1.29 is 72.8 Å². The number of hydrogen-bond donors (Lipinski definition) is 8. The number of nitrogens with zero attached hydrogens (tertiary/aromatic N) is 2. The molecule has 0 bridgehead atoms. The molecular formula is C34H51Cl4N7O15. The number of ether oxygens (including phenoxy) is 1. The van der Waals surface area contributed by atoms with Gasteiger partial charge in [-0.25, -0.2) is 14.6 Å². The third-order valence-corrected chi connectivity index (χ3v) is 10.1. The van der Waals surface area contributed by atoms with Gasteiger partial charge >= 0.3 is 30.0 Å². The zero-order valence-electron chi connectivity index (χ0n) is 33.5. The number of carbonyl (C=O) groups is 10. The van der Waals surface area contributed by atoms with Gasteiger partial charge in [0.25, 0.3) is 0 Å². The molecule has 0 aliphatic carbocycles. The molecule has 1 aliphatic heterocycles. The molecule has 7 atom stereocenters. The van der Waals surface area contributed by atoms with Gasteiger partial charge in [-0.1, -0.05) is 86.6 Å². The van der Waals surface area contributed by atoms with Crippen LogP contribution in [0.4, 0.5) is 4.79 Å². The lowest BCUT2D eigenvalue weighted by Crippen LogP contribution is -2.62. The van der Waals surface area contributed by atoms with E-state index in [1.807, 2.05) is 0 Å². The van der Waals surface area contributed by atoms with E-state index in [0.717, 1.165) is 16.8 Å². The van der Waals surface area contributed by atoms with E-state index in [0.29, 0.717) is 12.8 Å². The maximum absolute atomic E-state index is 14.0. The quantitative estimate of drug-likeness (QED) is 0.0524. The van der Waals surface area contributed by atoms with Gasteiger partial charge in [0.05, 0.1) is 12.3 Å². The van der Waals surface area contributed by atoms with Crippen molar-refractivity contribution in [1.82, 2.24) is 36.8 Å². The molecule has 0 aromatic rings. The van der Waals surface area contributed by atoms with Gasteiger partial charge in [0, 0.05) is 26.4 Å². The fourth-order valence-corrected chi connectivity index (χ4v) is 5.90. The van der Waals surface area contributed by atoms with Gasteiger partial charge in [0.15, 0.2) is 0 Å². The number of amides is 6. The summed E-state index contributed by atoms with van der Waals surface area (Å²) < 4.78 is 2.69. The van der Waals surface area contributed by atoms with Crippen molar-refractivity contribution in [3.05, 3.63) is 0 Å². The van der Waals surface area contributed by atoms with Crippen LogP contribution in [0.5, 0.6) is 0 Å². The largest absolute Gasteiger partial charge is 0.481 e. The number of hydrazine groups is 1. The number of hydrogen-bond acceptors (Lipinski definition) is 13. The summed E-state index contributed by atoms with van der Waals surface area (Å²) in [6.45, 7) is 8.81. The molecule has 0 saturated carbocycles. The summed E-state index contributed by atoms with van der Waals surface area (Å²) in [6, 6.07) is -7.82. The third-order valence-electron chi connectivity index (χ3n) is 8.71. The Balaban J connectivity index is 3.33. The Hall–Kier alpha value is -4.38. The first-order chi connectivity index (χ1) is 27.7. The predicted octanol–water partition coefficient (Wildman–Crippen LogP) is 1.04. The van der Waals surface area contributed by atoms with Gasteiger partial charge in [0.1, 0.15) is 30.2 Å². The normalized spacial score (nSPS) is 16.9. The Labute approximate surface area is 364 Å². The molecule has 0 aromatic carbocycles. The average molecular weight is 940 g/mol. The minimum Gasteiger partial charge on any atom is -0.481 e. The molecule has 22 nitrogen and oxygen atoms in total. The standard InChI is InChI=1S/C34H51Cl4N7O15/c1-7-12-45(33(58)59-32(35)34(36,37)38)43-60-31(57)20-9-8-13-44(20)29(54)24(16(4)5)41-27(52)23(15(2)3)40-28(53)25(18(30(55)56)14-22(49)50)42-26(51)19(39-17(6)46)10-11-21(47)48/h15-16,18-20,23-25,32,43H,7-14H2,1-6H3,(H,39,46)(H,40,53)(H,41,52)(H,42,51)(H,47,48)(H,49,50)(H,55,56)/t18?,19-,20+,23+,24+,25-,32?/m1/s1. The number of carboxylic acids is 3. The summed E-state index contributed by atoms with van der Waals surface area (Å²) in [5.41, 5.74) is 0.435. The Bertz CT molecular complexity index is 1600. The Kier molecular flexibility index (Phi) is 22.1. The van der Waals surface area contributed by atoms with Gasteiger partial charge in [-0.05, 0) is 37.5 Å². The van der Waals surface area contributed by atoms with E-state index in [4.69, 9.17) is 61.1 Å². The maximum Gasteiger partial charge on any atom is 0.428 e. The number of aliphatic carboxylic acids is 3. The summed E-state index contributed by atoms with van der Waals surface area (Å²) in [7, 11) is 0. The van der Waals surface area contributed by atoms with Crippen molar-refractivity contribution in [3.8, 4) is 0 Å². The van der Waals surface area contributed by atoms with E-state index in [1.54, 1.807) is 20.8 Å². The van der Waals surface area contributed by atoms with Crippen LogP contribution in [0.1, 0.15) is 80.1 Å². The minimum absolute atomic E-state index is 0.0490. The third kappa shape index (κ3) is 17.3. The molecule has 1 aliphatic rings. The second-order valence-corrected chi connectivity index (χ2v) is 17.0. The summed E-state index contributed by atoms with van der Waals surface area (Å²) in [5, 5.41) is 38.3. The lowest BCUT2D eigenvalue weighted by Gasteiger charge is -2.33. The molecule has 340 valence electrons. The van der Waals surface area contributed by atoms with E-state index >= 15 is 0 Å². The van der Waals surface area contributed by atoms with Gasteiger partial charge in [-0.2, -0.15) is 0 Å². The van der Waals surface area contributed by atoms with Crippen LogP contribution in [0.15, 0.2) is 0 Å². The summed E-state index contributed by atoms with van der Waals surface area (Å²) in [6.07, 6.45) is -2.66. The van der Waals surface area contributed by atoms with Crippen LogP contribution < -0.4 is 26.9 Å². The number of nitrogens with one attached hydrogen (secondary N) is 5. The smallest absolute Gasteiger partial charge is 0.428 e. The molecule has 1 fully saturated rings. The molecule has 26 heteroatoms. The van der Waals surface area contributed by atoms with Crippen LogP contribution >= 0.6 is 46.4 Å². The number of alkyl halides is 4. The first-order valence-electron chi connectivity index (χ1n) is 18.5. The lowest BCUT2D eigenvalue weighted by atomic mass is 9.93. The first kappa shape index (κ1) is 53.6. The molecule has 0 spiro atoms. The van der Waals surface area contributed by atoms with Crippen LogP contribution in [0, 0.1) is 17.8 Å². The highest BCUT2D eigenvalue weighted by molar-refractivity contribution is 6.70. The van der Waals surface area contributed by atoms with Crippen molar-refractivity contribution >= 4 is 106 Å². The molecular weight excluding hydrogens is 888 g/mol. The van der Waals surface area contributed by atoms with E-state index < -0.39 is 136 Å². The van der Waals surface area contributed by atoms with Crippen molar-refractivity contribution in [2.24, 2.45) is 17.8 Å². The monoisotopic (exact) mass is 937 g/mol. The van der Waals surface area contributed by atoms with Crippen molar-refractivity contribution in [2.45, 2.75) is 120 Å². The number of likely N-dealkylation sites (tertiary alicyclic amines) is 1. The zero-order valence-corrected chi connectivity index (χ0v) is 36.5. The van der Waals surface area contributed by atoms with Crippen LogP contribution in [0.25, 0.3) is 0 Å². The Morgan fingerprint density at radius 2 is 1.37 bits per heavy atom. The molecule has 0 aromatic heterocycles. The second-order valence-electron chi connectivity index (χ2n) is 14.3.